The SMILES string of the molecule is CC(C)=C/C(C)=N\Nc1ccc([N+](=O)[O-])cc1. The Labute approximate surface area is 100.0 Å². The Balaban J connectivity index is 2.70. The summed E-state index contributed by atoms with van der Waals surface area (Å²) in [7, 11) is 0. The number of hydrazone groups is 1. The molecule has 0 aliphatic rings. The number of rotatable bonds is 4. The predicted molar refractivity (Wildman–Crippen MR) is 69.3 cm³/mol. The fourth-order valence-electron chi connectivity index (χ4n) is 1.26. The Morgan fingerprint density at radius 3 is 2.35 bits per heavy atom. The summed E-state index contributed by atoms with van der Waals surface area (Å²) in [6.07, 6.45) is 1.94. The molecule has 1 aromatic carbocycles. The van der Waals surface area contributed by atoms with Crippen LogP contribution < -0.4 is 5.43 Å². The first kappa shape index (κ1) is 12.9. The van der Waals surface area contributed by atoms with Crippen LogP contribution in [0, 0.1) is 10.1 Å². The Bertz CT molecular complexity index is 457. The van der Waals surface area contributed by atoms with Crippen molar-refractivity contribution in [2.45, 2.75) is 20.8 Å². The van der Waals surface area contributed by atoms with Crippen LogP contribution in [0.3, 0.4) is 0 Å². The minimum absolute atomic E-state index is 0.0700. The van der Waals surface area contributed by atoms with E-state index >= 15 is 0 Å². The Kier molecular flexibility index (Phi) is 4.39. The number of hydrogen-bond donors (Lipinski definition) is 1. The molecule has 0 radical (unpaired) electrons. The number of anilines is 1. The lowest BCUT2D eigenvalue weighted by molar-refractivity contribution is -0.384. The molecule has 0 spiro atoms. The van der Waals surface area contributed by atoms with Gasteiger partial charge in [-0.05, 0) is 39.0 Å². The van der Waals surface area contributed by atoms with Crippen LogP contribution in [0.1, 0.15) is 20.8 Å². The number of nitro groups is 1. The lowest BCUT2D eigenvalue weighted by Crippen LogP contribution is -1.95. The Morgan fingerprint density at radius 1 is 1.29 bits per heavy atom. The molecule has 1 N–H and O–H groups in total. The molecule has 0 fully saturated rings. The highest BCUT2D eigenvalue weighted by molar-refractivity contribution is 5.93. The van der Waals surface area contributed by atoms with Crippen LogP contribution in [0.15, 0.2) is 41.0 Å². The summed E-state index contributed by atoms with van der Waals surface area (Å²) < 4.78 is 0. The second kappa shape index (κ2) is 5.79. The maximum absolute atomic E-state index is 10.4. The molecule has 0 unspecified atom stereocenters. The third-order valence-electron chi connectivity index (χ3n) is 1.94. The highest BCUT2D eigenvalue weighted by Gasteiger charge is 2.02. The number of non-ortho nitro benzene ring substituents is 1. The zero-order valence-electron chi connectivity index (χ0n) is 10.1. The molecule has 1 rings (SSSR count). The van der Waals surface area contributed by atoms with Crippen molar-refractivity contribution >= 4 is 17.1 Å². The van der Waals surface area contributed by atoms with Gasteiger partial charge in [0.05, 0.1) is 16.3 Å². The largest absolute Gasteiger partial charge is 0.278 e. The number of hydrogen-bond acceptors (Lipinski definition) is 4. The van der Waals surface area contributed by atoms with Gasteiger partial charge in [0, 0.05) is 12.1 Å². The van der Waals surface area contributed by atoms with E-state index in [1.165, 1.54) is 12.1 Å². The lowest BCUT2D eigenvalue weighted by Gasteiger charge is -2.00. The van der Waals surface area contributed by atoms with Gasteiger partial charge in [-0.25, -0.2) is 0 Å². The van der Waals surface area contributed by atoms with E-state index in [-0.39, 0.29) is 5.69 Å². The first-order valence-electron chi connectivity index (χ1n) is 5.18. The van der Waals surface area contributed by atoms with Crippen LogP contribution in [-0.2, 0) is 0 Å². The molecule has 0 saturated carbocycles. The molecule has 0 atom stereocenters. The van der Waals surface area contributed by atoms with Crippen molar-refractivity contribution in [2.24, 2.45) is 5.10 Å². The molecule has 0 heterocycles. The molecular weight excluding hydrogens is 218 g/mol. The number of nitro benzene ring substituents is 1. The summed E-state index contributed by atoms with van der Waals surface area (Å²) in [6, 6.07) is 6.12. The predicted octanol–water partition coefficient (Wildman–Crippen LogP) is 3.35. The highest BCUT2D eigenvalue weighted by Crippen LogP contribution is 2.15. The standard InChI is InChI=1S/C12H15N3O2/c1-9(2)8-10(3)13-14-11-4-6-12(7-5-11)15(16)17/h4-8,14H,1-3H3/b13-10-. The molecule has 0 aromatic heterocycles. The molecule has 0 aliphatic carbocycles. The second-order valence-electron chi connectivity index (χ2n) is 3.89. The molecule has 5 heteroatoms. The third-order valence-corrected chi connectivity index (χ3v) is 1.94. The quantitative estimate of drug-likeness (QED) is 0.492. The van der Waals surface area contributed by atoms with Gasteiger partial charge >= 0.3 is 0 Å². The normalized spacial score (nSPS) is 10.9. The smallest absolute Gasteiger partial charge is 0.269 e. The van der Waals surface area contributed by atoms with E-state index in [9.17, 15) is 10.1 Å². The van der Waals surface area contributed by atoms with Crippen molar-refractivity contribution in [1.82, 2.24) is 0 Å². The van der Waals surface area contributed by atoms with E-state index in [2.05, 4.69) is 10.5 Å². The maximum Gasteiger partial charge on any atom is 0.269 e. The molecule has 0 amide bonds. The van der Waals surface area contributed by atoms with Crippen LogP contribution in [0.25, 0.3) is 0 Å². The van der Waals surface area contributed by atoms with Gasteiger partial charge in [0.25, 0.3) is 5.69 Å². The van der Waals surface area contributed by atoms with Gasteiger partial charge in [-0.3, -0.25) is 15.5 Å². The molecule has 90 valence electrons. The summed E-state index contributed by atoms with van der Waals surface area (Å²) in [6.45, 7) is 5.86. The van der Waals surface area contributed by atoms with Crippen molar-refractivity contribution in [2.75, 3.05) is 5.43 Å². The van der Waals surface area contributed by atoms with E-state index in [1.54, 1.807) is 12.1 Å². The number of nitrogens with zero attached hydrogens (tertiary/aromatic N) is 2. The molecular formula is C12H15N3O2. The van der Waals surface area contributed by atoms with Gasteiger partial charge in [0.15, 0.2) is 0 Å². The van der Waals surface area contributed by atoms with Gasteiger partial charge < -0.3 is 0 Å². The number of nitrogens with one attached hydrogen (secondary N) is 1. The minimum atomic E-state index is -0.429. The van der Waals surface area contributed by atoms with E-state index < -0.39 is 4.92 Å². The summed E-state index contributed by atoms with van der Waals surface area (Å²) in [5.74, 6) is 0. The monoisotopic (exact) mass is 233 g/mol. The summed E-state index contributed by atoms with van der Waals surface area (Å²) >= 11 is 0. The topological polar surface area (TPSA) is 67.5 Å². The average Bonchev–Trinajstić information content (AvgIpc) is 2.26. The van der Waals surface area contributed by atoms with Crippen molar-refractivity contribution in [3.63, 3.8) is 0 Å². The molecule has 1 aromatic rings. The summed E-state index contributed by atoms with van der Waals surface area (Å²) in [4.78, 5) is 10.0. The van der Waals surface area contributed by atoms with Gasteiger partial charge in [0.1, 0.15) is 0 Å². The van der Waals surface area contributed by atoms with E-state index in [0.717, 1.165) is 17.0 Å². The van der Waals surface area contributed by atoms with Gasteiger partial charge in [-0.1, -0.05) is 5.57 Å². The summed E-state index contributed by atoms with van der Waals surface area (Å²) in [5.41, 5.74) is 5.64. The van der Waals surface area contributed by atoms with Crippen LogP contribution >= 0.6 is 0 Å². The molecule has 0 bridgehead atoms. The zero-order chi connectivity index (χ0) is 12.8. The molecule has 0 saturated heterocycles. The van der Waals surface area contributed by atoms with Crippen molar-refractivity contribution in [1.29, 1.82) is 0 Å². The molecule has 17 heavy (non-hydrogen) atoms. The van der Waals surface area contributed by atoms with E-state index in [4.69, 9.17) is 0 Å². The van der Waals surface area contributed by atoms with Crippen LogP contribution in [0.5, 0.6) is 0 Å². The molecule has 5 nitrogen and oxygen atoms in total. The van der Waals surface area contributed by atoms with Gasteiger partial charge in [0.2, 0.25) is 0 Å². The average molecular weight is 233 g/mol. The Morgan fingerprint density at radius 2 is 1.88 bits per heavy atom. The minimum Gasteiger partial charge on any atom is -0.278 e. The molecule has 0 aliphatic heterocycles. The Hall–Kier alpha value is -2.17. The van der Waals surface area contributed by atoms with Crippen LogP contribution in [0.4, 0.5) is 11.4 Å². The summed E-state index contributed by atoms with van der Waals surface area (Å²) in [5, 5.41) is 14.6. The van der Waals surface area contributed by atoms with E-state index in [0.29, 0.717) is 0 Å². The van der Waals surface area contributed by atoms with Crippen LogP contribution in [0.2, 0.25) is 0 Å². The first-order chi connectivity index (χ1) is 7.99. The van der Waals surface area contributed by atoms with E-state index in [1.807, 2.05) is 26.8 Å². The zero-order valence-corrected chi connectivity index (χ0v) is 10.1. The lowest BCUT2D eigenvalue weighted by atomic mass is 10.2. The van der Waals surface area contributed by atoms with Crippen molar-refractivity contribution in [3.05, 3.63) is 46.0 Å². The van der Waals surface area contributed by atoms with Crippen LogP contribution in [-0.4, -0.2) is 10.6 Å². The highest BCUT2D eigenvalue weighted by atomic mass is 16.6. The second-order valence-corrected chi connectivity index (χ2v) is 3.89. The third kappa shape index (κ3) is 4.46. The maximum atomic E-state index is 10.4. The van der Waals surface area contributed by atoms with Gasteiger partial charge in [-0.15, -0.1) is 0 Å². The fraction of sp³-hybridized carbons (Fsp3) is 0.250. The van der Waals surface area contributed by atoms with Crippen molar-refractivity contribution < 1.29 is 4.92 Å². The first-order valence-corrected chi connectivity index (χ1v) is 5.18. The van der Waals surface area contributed by atoms with Crippen molar-refractivity contribution in [3.8, 4) is 0 Å². The number of allylic oxidation sites excluding steroid dienone is 2. The fourth-order valence-corrected chi connectivity index (χ4v) is 1.26. The number of benzene rings is 1. The van der Waals surface area contributed by atoms with Gasteiger partial charge in [-0.2, -0.15) is 5.10 Å².